The molecule has 0 aromatic carbocycles. The Hall–Kier alpha value is -2.16. The lowest BCUT2D eigenvalue weighted by Crippen LogP contribution is -2.49. The number of urea groups is 1. The summed E-state index contributed by atoms with van der Waals surface area (Å²) >= 11 is 1.21. The first-order valence-electron chi connectivity index (χ1n) is 8.47. The molecule has 0 bridgehead atoms. The second-order valence-electron chi connectivity index (χ2n) is 7.37. The molecule has 2 N–H and O–H groups in total. The van der Waals surface area contributed by atoms with Gasteiger partial charge in [-0.15, -0.1) is 0 Å². The molecule has 136 valence electrons. The number of aromatic nitrogens is 4. The summed E-state index contributed by atoms with van der Waals surface area (Å²) in [6.45, 7) is 7.90. The molecule has 0 radical (unpaired) electrons. The monoisotopic (exact) mass is 363 g/mol. The minimum absolute atomic E-state index is 0.0960. The lowest BCUT2D eigenvalue weighted by atomic mass is 9.96. The van der Waals surface area contributed by atoms with Gasteiger partial charge in [0.15, 0.2) is 0 Å². The third-order valence-electron chi connectivity index (χ3n) is 4.19. The van der Waals surface area contributed by atoms with E-state index in [2.05, 4.69) is 30.0 Å². The fourth-order valence-electron chi connectivity index (χ4n) is 2.88. The van der Waals surface area contributed by atoms with Crippen LogP contribution in [0.5, 0.6) is 0 Å². The summed E-state index contributed by atoms with van der Waals surface area (Å²) in [4.78, 5) is 18.9. The molecular weight excluding hydrogens is 338 g/mol. The lowest BCUT2D eigenvalue weighted by Gasteiger charge is -2.34. The zero-order chi connectivity index (χ0) is 18.0. The van der Waals surface area contributed by atoms with Crippen molar-refractivity contribution in [1.82, 2.24) is 24.5 Å². The topological polar surface area (TPSA) is 88.0 Å². The van der Waals surface area contributed by atoms with Gasteiger partial charge in [-0.2, -0.15) is 9.47 Å². The van der Waals surface area contributed by atoms with Crippen molar-refractivity contribution < 1.29 is 4.79 Å². The Labute approximate surface area is 151 Å². The molecule has 2 aromatic heterocycles. The predicted molar refractivity (Wildman–Crippen MR) is 99.2 cm³/mol. The van der Waals surface area contributed by atoms with Crippen LogP contribution in [-0.4, -0.2) is 44.3 Å². The van der Waals surface area contributed by atoms with Crippen LogP contribution in [0.1, 0.15) is 39.4 Å². The molecule has 1 atom stereocenters. The molecule has 1 saturated heterocycles. The van der Waals surface area contributed by atoms with Gasteiger partial charge in [0, 0.05) is 49.2 Å². The molecular formula is C16H25N7OS. The second kappa shape index (κ2) is 6.99. The standard InChI is InChI=1S/C16H25N7OS/c1-16(2,3)13-19-15(25-21-13)20-14(24)18-11-6-5-9-23(10-11)12-7-8-17-22(12)4/h7-8,11H,5-6,9-10H2,1-4H3,(H2,18,19,20,21,24). The van der Waals surface area contributed by atoms with Crippen molar-refractivity contribution >= 4 is 28.5 Å². The maximum Gasteiger partial charge on any atom is 0.321 e. The molecule has 3 heterocycles. The molecule has 1 fully saturated rings. The Kier molecular flexibility index (Phi) is 4.94. The normalized spacial score (nSPS) is 18.2. The van der Waals surface area contributed by atoms with Crippen LogP contribution in [0.2, 0.25) is 0 Å². The van der Waals surface area contributed by atoms with Gasteiger partial charge in [-0.1, -0.05) is 20.8 Å². The maximum absolute atomic E-state index is 12.3. The molecule has 0 aliphatic carbocycles. The number of carbonyl (C=O) groups excluding carboxylic acids is 1. The third-order valence-corrected chi connectivity index (χ3v) is 4.82. The molecule has 1 aliphatic rings. The largest absolute Gasteiger partial charge is 0.355 e. The average molecular weight is 363 g/mol. The van der Waals surface area contributed by atoms with E-state index in [1.54, 1.807) is 6.20 Å². The van der Waals surface area contributed by atoms with Gasteiger partial charge in [0.05, 0.1) is 6.20 Å². The highest BCUT2D eigenvalue weighted by atomic mass is 32.1. The van der Waals surface area contributed by atoms with Crippen LogP contribution in [0.3, 0.4) is 0 Å². The summed E-state index contributed by atoms with van der Waals surface area (Å²) in [6, 6.07) is 1.87. The lowest BCUT2D eigenvalue weighted by molar-refractivity contribution is 0.246. The summed E-state index contributed by atoms with van der Waals surface area (Å²) < 4.78 is 6.17. The first kappa shape index (κ1) is 17.7. The summed E-state index contributed by atoms with van der Waals surface area (Å²) in [7, 11) is 1.93. The number of amides is 2. The van der Waals surface area contributed by atoms with Gasteiger partial charge in [0.1, 0.15) is 11.6 Å². The summed E-state index contributed by atoms with van der Waals surface area (Å²) in [5.74, 6) is 1.82. The third kappa shape index (κ3) is 4.28. The Bertz CT molecular complexity index is 733. The number of nitrogens with zero attached hydrogens (tertiary/aromatic N) is 5. The van der Waals surface area contributed by atoms with Crippen LogP contribution in [-0.2, 0) is 12.5 Å². The number of hydrogen-bond donors (Lipinski definition) is 2. The Morgan fingerprint density at radius 1 is 1.40 bits per heavy atom. The van der Waals surface area contributed by atoms with Crippen molar-refractivity contribution in [1.29, 1.82) is 0 Å². The molecule has 1 aliphatic heterocycles. The molecule has 3 rings (SSSR count). The average Bonchev–Trinajstić information content (AvgIpc) is 3.16. The smallest absolute Gasteiger partial charge is 0.321 e. The van der Waals surface area contributed by atoms with Gasteiger partial charge in [-0.3, -0.25) is 10.00 Å². The fraction of sp³-hybridized carbons (Fsp3) is 0.625. The molecule has 2 aromatic rings. The maximum atomic E-state index is 12.3. The summed E-state index contributed by atoms with van der Waals surface area (Å²) in [5.41, 5.74) is -0.125. The van der Waals surface area contributed by atoms with Gasteiger partial charge < -0.3 is 10.2 Å². The van der Waals surface area contributed by atoms with E-state index in [-0.39, 0.29) is 17.5 Å². The highest BCUT2D eigenvalue weighted by molar-refractivity contribution is 7.09. The van der Waals surface area contributed by atoms with E-state index in [1.165, 1.54) is 11.5 Å². The van der Waals surface area contributed by atoms with Crippen LogP contribution in [0.4, 0.5) is 15.7 Å². The SMILES string of the molecule is Cn1nccc1N1CCCC(NC(=O)Nc2nc(C(C)(C)C)ns2)C1. The number of piperidine rings is 1. The first-order chi connectivity index (χ1) is 11.8. The molecule has 2 amide bonds. The van der Waals surface area contributed by atoms with Crippen molar-refractivity contribution in [2.24, 2.45) is 7.05 Å². The van der Waals surface area contributed by atoms with E-state index < -0.39 is 0 Å². The summed E-state index contributed by atoms with van der Waals surface area (Å²) in [6.07, 6.45) is 3.79. The molecule has 0 saturated carbocycles. The zero-order valence-electron chi connectivity index (χ0n) is 15.1. The van der Waals surface area contributed by atoms with E-state index in [0.717, 1.165) is 37.6 Å². The quantitative estimate of drug-likeness (QED) is 0.874. The van der Waals surface area contributed by atoms with Gasteiger partial charge in [0.2, 0.25) is 5.13 Å². The Balaban J connectivity index is 1.56. The molecule has 8 nitrogen and oxygen atoms in total. The molecule has 1 unspecified atom stereocenters. The van der Waals surface area contributed by atoms with E-state index in [9.17, 15) is 4.79 Å². The minimum atomic E-state index is -0.228. The molecule has 0 spiro atoms. The van der Waals surface area contributed by atoms with Crippen LogP contribution in [0.25, 0.3) is 0 Å². The fourth-order valence-corrected chi connectivity index (χ4v) is 3.63. The van der Waals surface area contributed by atoms with Gasteiger partial charge >= 0.3 is 6.03 Å². The number of aryl methyl sites for hydroxylation is 1. The van der Waals surface area contributed by atoms with Crippen molar-refractivity contribution in [3.05, 3.63) is 18.1 Å². The number of anilines is 2. The summed E-state index contributed by atoms with van der Waals surface area (Å²) in [5, 5.41) is 10.6. The first-order valence-corrected chi connectivity index (χ1v) is 9.25. The molecule has 25 heavy (non-hydrogen) atoms. The van der Waals surface area contributed by atoms with Crippen molar-refractivity contribution in [3.8, 4) is 0 Å². The van der Waals surface area contributed by atoms with Gasteiger partial charge in [-0.25, -0.2) is 9.78 Å². The predicted octanol–water partition coefficient (Wildman–Crippen LogP) is 2.36. The number of rotatable bonds is 3. The van der Waals surface area contributed by atoms with Gasteiger partial charge in [0.25, 0.3) is 0 Å². The molecule has 9 heteroatoms. The minimum Gasteiger partial charge on any atom is -0.355 e. The van der Waals surface area contributed by atoms with E-state index in [1.807, 2.05) is 38.6 Å². The van der Waals surface area contributed by atoms with E-state index >= 15 is 0 Å². The Morgan fingerprint density at radius 3 is 2.84 bits per heavy atom. The van der Waals surface area contributed by atoms with Crippen molar-refractivity contribution in [2.75, 3.05) is 23.3 Å². The van der Waals surface area contributed by atoms with Crippen LogP contribution >= 0.6 is 11.5 Å². The number of nitrogens with one attached hydrogen (secondary N) is 2. The van der Waals surface area contributed by atoms with E-state index in [0.29, 0.717) is 5.13 Å². The second-order valence-corrected chi connectivity index (χ2v) is 8.12. The number of hydrogen-bond acceptors (Lipinski definition) is 6. The highest BCUT2D eigenvalue weighted by Crippen LogP contribution is 2.23. The zero-order valence-corrected chi connectivity index (χ0v) is 15.9. The van der Waals surface area contributed by atoms with Crippen molar-refractivity contribution in [2.45, 2.75) is 45.1 Å². The van der Waals surface area contributed by atoms with Crippen molar-refractivity contribution in [3.63, 3.8) is 0 Å². The highest BCUT2D eigenvalue weighted by Gasteiger charge is 2.24. The van der Waals surface area contributed by atoms with Gasteiger partial charge in [-0.05, 0) is 12.8 Å². The number of carbonyl (C=O) groups is 1. The Morgan fingerprint density at radius 2 is 2.20 bits per heavy atom. The van der Waals surface area contributed by atoms with E-state index in [4.69, 9.17) is 0 Å². The van der Waals surface area contributed by atoms with Crippen LogP contribution < -0.4 is 15.5 Å². The van der Waals surface area contributed by atoms with Crippen LogP contribution in [0, 0.1) is 0 Å². The van der Waals surface area contributed by atoms with Crippen LogP contribution in [0.15, 0.2) is 12.3 Å².